The Morgan fingerprint density at radius 2 is 1.95 bits per heavy atom. The molecular formula is C16H21NO2S2. The van der Waals surface area contributed by atoms with Crippen LogP contribution in [0.5, 0.6) is 11.5 Å². The molecule has 0 bridgehead atoms. The zero-order valence-corrected chi connectivity index (χ0v) is 14.1. The van der Waals surface area contributed by atoms with Gasteiger partial charge in [-0.05, 0) is 44.2 Å². The third kappa shape index (κ3) is 6.48. The molecule has 1 aliphatic rings. The average molecular weight is 323 g/mol. The van der Waals surface area contributed by atoms with Gasteiger partial charge in [0.25, 0.3) is 0 Å². The van der Waals surface area contributed by atoms with Crippen molar-refractivity contribution in [2.75, 3.05) is 31.3 Å². The van der Waals surface area contributed by atoms with Crippen molar-refractivity contribution >= 4 is 27.9 Å². The topological polar surface area (TPSA) is 30.8 Å². The summed E-state index contributed by atoms with van der Waals surface area (Å²) in [4.78, 5) is 4.40. The summed E-state index contributed by atoms with van der Waals surface area (Å²) in [6, 6.07) is 7.78. The third-order valence-electron chi connectivity index (χ3n) is 2.70. The molecule has 0 amide bonds. The normalized spacial score (nSPS) is 13.7. The van der Waals surface area contributed by atoms with Gasteiger partial charge in [0.05, 0.1) is 13.2 Å². The molecule has 0 saturated heterocycles. The van der Waals surface area contributed by atoms with Gasteiger partial charge >= 0.3 is 0 Å². The lowest BCUT2D eigenvalue weighted by Crippen LogP contribution is -2.01. The molecule has 114 valence electrons. The van der Waals surface area contributed by atoms with E-state index in [2.05, 4.69) is 24.9 Å². The van der Waals surface area contributed by atoms with Crippen LogP contribution in [0.1, 0.15) is 13.8 Å². The van der Waals surface area contributed by atoms with Crippen molar-refractivity contribution in [3.8, 4) is 11.5 Å². The van der Waals surface area contributed by atoms with Gasteiger partial charge in [-0.3, -0.25) is 4.99 Å². The van der Waals surface area contributed by atoms with Crippen molar-refractivity contribution in [2.24, 2.45) is 4.99 Å². The number of nitrogens with zero attached hydrogens (tertiary/aromatic N) is 1. The number of ether oxygens (including phenoxy) is 2. The number of hydrogen-bond donors (Lipinski definition) is 0. The smallest absolute Gasteiger partial charge is 0.124 e. The average Bonchev–Trinajstić information content (AvgIpc) is 2.98. The number of hydrogen-bond acceptors (Lipinski definition) is 5. The SMILES string of the molecule is CC(C)=CCOc1ccc(OCCSC2=NCCS2)cc1. The van der Waals surface area contributed by atoms with Crippen LogP contribution in [0, 0.1) is 0 Å². The van der Waals surface area contributed by atoms with Crippen LogP contribution in [-0.2, 0) is 0 Å². The Bertz CT molecular complexity index is 494. The maximum atomic E-state index is 5.71. The monoisotopic (exact) mass is 323 g/mol. The molecule has 1 heterocycles. The summed E-state index contributed by atoms with van der Waals surface area (Å²) < 4.78 is 12.5. The van der Waals surface area contributed by atoms with Crippen molar-refractivity contribution in [3.05, 3.63) is 35.9 Å². The number of rotatable bonds is 7. The van der Waals surface area contributed by atoms with Gasteiger partial charge in [-0.25, -0.2) is 0 Å². The van der Waals surface area contributed by atoms with Crippen LogP contribution in [0.25, 0.3) is 0 Å². The first kappa shape index (κ1) is 16.3. The summed E-state index contributed by atoms with van der Waals surface area (Å²) in [5, 5.41) is 0. The second-order valence-corrected chi connectivity index (χ2v) is 7.18. The van der Waals surface area contributed by atoms with E-state index in [1.165, 1.54) is 9.95 Å². The van der Waals surface area contributed by atoms with Crippen molar-refractivity contribution in [1.29, 1.82) is 0 Å². The van der Waals surface area contributed by atoms with E-state index in [0.717, 1.165) is 29.5 Å². The van der Waals surface area contributed by atoms with Gasteiger partial charge in [-0.2, -0.15) is 0 Å². The van der Waals surface area contributed by atoms with Gasteiger partial charge in [0.2, 0.25) is 0 Å². The first-order chi connectivity index (χ1) is 10.2. The predicted molar refractivity (Wildman–Crippen MR) is 94.1 cm³/mol. The highest BCUT2D eigenvalue weighted by molar-refractivity contribution is 8.39. The highest BCUT2D eigenvalue weighted by Gasteiger charge is 2.06. The van der Waals surface area contributed by atoms with Crippen molar-refractivity contribution < 1.29 is 9.47 Å². The molecule has 1 aliphatic heterocycles. The Labute approximate surface area is 135 Å². The van der Waals surface area contributed by atoms with Crippen LogP contribution in [0.3, 0.4) is 0 Å². The number of thioether (sulfide) groups is 2. The summed E-state index contributed by atoms with van der Waals surface area (Å²) in [5.74, 6) is 3.80. The molecule has 0 aliphatic carbocycles. The van der Waals surface area contributed by atoms with Gasteiger partial charge in [-0.1, -0.05) is 29.1 Å². The van der Waals surface area contributed by atoms with E-state index in [1.54, 1.807) is 11.8 Å². The lowest BCUT2D eigenvalue weighted by Gasteiger charge is -2.07. The summed E-state index contributed by atoms with van der Waals surface area (Å²) >= 11 is 3.61. The summed E-state index contributed by atoms with van der Waals surface area (Å²) in [6.07, 6.45) is 2.06. The highest BCUT2D eigenvalue weighted by atomic mass is 32.2. The standard InChI is InChI=1S/C16H21NO2S2/c1-13(2)7-9-18-14-3-5-15(6-4-14)19-10-12-21-16-17-8-11-20-16/h3-7H,8-12H2,1-2H3. The molecule has 21 heavy (non-hydrogen) atoms. The quantitative estimate of drug-likeness (QED) is 0.554. The van der Waals surface area contributed by atoms with Crippen LogP contribution in [0.2, 0.25) is 0 Å². The lowest BCUT2D eigenvalue weighted by molar-refractivity contribution is 0.340. The van der Waals surface area contributed by atoms with Crippen molar-refractivity contribution in [3.63, 3.8) is 0 Å². The molecule has 0 aromatic heterocycles. The first-order valence-electron chi connectivity index (χ1n) is 7.03. The molecule has 1 aromatic carbocycles. The molecule has 0 saturated carbocycles. The fraction of sp³-hybridized carbons (Fsp3) is 0.438. The molecule has 0 spiro atoms. The largest absolute Gasteiger partial charge is 0.493 e. The zero-order chi connectivity index (χ0) is 14.9. The number of aliphatic imine (C=N–C) groups is 1. The molecule has 2 rings (SSSR count). The van der Waals surface area contributed by atoms with E-state index in [-0.39, 0.29) is 0 Å². The maximum Gasteiger partial charge on any atom is 0.124 e. The Kier molecular flexibility index (Phi) is 7.03. The molecular weight excluding hydrogens is 302 g/mol. The van der Waals surface area contributed by atoms with Crippen LogP contribution in [0.4, 0.5) is 0 Å². The Morgan fingerprint density at radius 3 is 2.57 bits per heavy atom. The molecule has 0 radical (unpaired) electrons. The molecule has 0 N–H and O–H groups in total. The summed E-state index contributed by atoms with van der Waals surface area (Å²) in [6.45, 7) is 6.39. The molecule has 0 fully saturated rings. The van der Waals surface area contributed by atoms with E-state index in [1.807, 2.05) is 36.0 Å². The van der Waals surface area contributed by atoms with E-state index >= 15 is 0 Å². The molecule has 0 unspecified atom stereocenters. The molecule has 0 atom stereocenters. The number of benzene rings is 1. The summed E-state index contributed by atoms with van der Waals surface area (Å²) in [7, 11) is 0. The van der Waals surface area contributed by atoms with Crippen LogP contribution >= 0.6 is 23.5 Å². The molecule has 3 nitrogen and oxygen atoms in total. The predicted octanol–water partition coefficient (Wildman–Crippen LogP) is 4.25. The van der Waals surface area contributed by atoms with E-state index < -0.39 is 0 Å². The third-order valence-corrected chi connectivity index (χ3v) is 4.92. The highest BCUT2D eigenvalue weighted by Crippen LogP contribution is 2.22. The van der Waals surface area contributed by atoms with Gasteiger partial charge in [-0.15, -0.1) is 0 Å². The van der Waals surface area contributed by atoms with Crippen LogP contribution < -0.4 is 9.47 Å². The maximum absolute atomic E-state index is 5.71. The summed E-state index contributed by atoms with van der Waals surface area (Å²) in [5.41, 5.74) is 1.26. The number of allylic oxidation sites excluding steroid dienone is 1. The Hall–Kier alpha value is -1.07. The van der Waals surface area contributed by atoms with Crippen LogP contribution in [-0.4, -0.2) is 35.6 Å². The fourth-order valence-corrected chi connectivity index (χ4v) is 3.52. The molecule has 1 aromatic rings. The van der Waals surface area contributed by atoms with Gasteiger partial charge in [0.1, 0.15) is 22.5 Å². The van der Waals surface area contributed by atoms with E-state index in [9.17, 15) is 0 Å². The van der Waals surface area contributed by atoms with Gasteiger partial charge in [0, 0.05) is 11.5 Å². The van der Waals surface area contributed by atoms with Gasteiger partial charge in [0.15, 0.2) is 0 Å². The Morgan fingerprint density at radius 1 is 1.24 bits per heavy atom. The second kappa shape index (κ2) is 9.05. The second-order valence-electron chi connectivity index (χ2n) is 4.76. The minimum Gasteiger partial charge on any atom is -0.493 e. The minimum absolute atomic E-state index is 0.610. The van der Waals surface area contributed by atoms with Crippen molar-refractivity contribution in [1.82, 2.24) is 0 Å². The Balaban J connectivity index is 1.66. The van der Waals surface area contributed by atoms with E-state index in [0.29, 0.717) is 13.2 Å². The first-order valence-corrected chi connectivity index (χ1v) is 9.00. The lowest BCUT2D eigenvalue weighted by atomic mass is 10.3. The zero-order valence-electron chi connectivity index (χ0n) is 12.5. The molecule has 5 heteroatoms. The van der Waals surface area contributed by atoms with Gasteiger partial charge < -0.3 is 9.47 Å². The van der Waals surface area contributed by atoms with Crippen LogP contribution in [0.15, 0.2) is 40.9 Å². The van der Waals surface area contributed by atoms with Crippen molar-refractivity contribution in [2.45, 2.75) is 13.8 Å². The van der Waals surface area contributed by atoms with E-state index in [4.69, 9.17) is 9.47 Å². The fourth-order valence-electron chi connectivity index (χ4n) is 1.63. The minimum atomic E-state index is 0.610.